The Labute approximate surface area is 114 Å². The zero-order valence-corrected chi connectivity index (χ0v) is 12.0. The van der Waals surface area contributed by atoms with Gasteiger partial charge >= 0.3 is 0 Å². The average Bonchev–Trinajstić information content (AvgIpc) is 2.31. The number of carbonyl (C=O) groups is 1. The zero-order valence-electron chi connectivity index (χ0n) is 12.0. The second kappa shape index (κ2) is 5.74. The van der Waals surface area contributed by atoms with Gasteiger partial charge in [0.1, 0.15) is 11.5 Å². The van der Waals surface area contributed by atoms with Crippen molar-refractivity contribution in [2.45, 2.75) is 39.0 Å². The number of carbonyl (C=O) groups excluding carboxylic acids is 1. The molecule has 0 radical (unpaired) electrons. The number of ketones is 1. The highest BCUT2D eigenvalue weighted by Gasteiger charge is 2.40. The Kier molecular flexibility index (Phi) is 4.25. The van der Waals surface area contributed by atoms with Crippen molar-refractivity contribution in [2.75, 3.05) is 19.8 Å². The summed E-state index contributed by atoms with van der Waals surface area (Å²) in [5.41, 5.74) is 2.44. The van der Waals surface area contributed by atoms with E-state index in [2.05, 4.69) is 19.1 Å². The molecule has 2 rings (SSSR count). The smallest absolute Gasteiger partial charge is 0.129 e. The summed E-state index contributed by atoms with van der Waals surface area (Å²) in [6.07, 6.45) is 1.49. The molecule has 0 spiro atoms. The first-order valence-electron chi connectivity index (χ1n) is 6.88. The van der Waals surface area contributed by atoms with E-state index in [1.165, 1.54) is 5.56 Å². The zero-order chi connectivity index (χ0) is 13.9. The largest absolute Gasteiger partial charge is 0.494 e. The van der Waals surface area contributed by atoms with Crippen LogP contribution in [0.15, 0.2) is 18.2 Å². The van der Waals surface area contributed by atoms with Crippen LogP contribution in [-0.4, -0.2) is 25.6 Å². The molecule has 19 heavy (non-hydrogen) atoms. The second-order valence-electron chi connectivity index (χ2n) is 5.39. The molecule has 1 heterocycles. The minimum Gasteiger partial charge on any atom is -0.494 e. The monoisotopic (exact) mass is 262 g/mol. The quantitative estimate of drug-likeness (QED) is 0.790. The molecule has 3 nitrogen and oxygen atoms in total. The third-order valence-electron chi connectivity index (χ3n) is 3.80. The normalized spacial score (nSPS) is 16.8. The Morgan fingerprint density at radius 2 is 2.16 bits per heavy atom. The summed E-state index contributed by atoms with van der Waals surface area (Å²) >= 11 is 0. The van der Waals surface area contributed by atoms with Gasteiger partial charge in [0.05, 0.1) is 19.8 Å². The van der Waals surface area contributed by atoms with Gasteiger partial charge in [0.25, 0.3) is 0 Å². The van der Waals surface area contributed by atoms with Crippen LogP contribution in [0, 0.1) is 6.92 Å². The summed E-state index contributed by atoms with van der Waals surface area (Å²) < 4.78 is 11.0. The molecule has 0 atom stereocenters. The van der Waals surface area contributed by atoms with E-state index in [1.807, 2.05) is 13.0 Å². The number of hydrogen-bond acceptors (Lipinski definition) is 3. The molecule has 1 fully saturated rings. The highest BCUT2D eigenvalue weighted by molar-refractivity contribution is 5.75. The number of hydrogen-bond donors (Lipinski definition) is 0. The molecule has 0 amide bonds. The molecule has 1 aliphatic rings. The third kappa shape index (κ3) is 2.98. The highest BCUT2D eigenvalue weighted by atomic mass is 16.5. The van der Waals surface area contributed by atoms with Gasteiger partial charge < -0.3 is 14.3 Å². The minimum atomic E-state index is 0.0289. The van der Waals surface area contributed by atoms with Crippen LogP contribution in [0.5, 0.6) is 5.75 Å². The molecule has 3 heteroatoms. The molecule has 104 valence electrons. The van der Waals surface area contributed by atoms with Crippen molar-refractivity contribution in [3.8, 4) is 5.75 Å². The van der Waals surface area contributed by atoms with Crippen molar-refractivity contribution in [1.82, 2.24) is 0 Å². The molecule has 1 saturated heterocycles. The number of Topliss-reactive ketones (excluding diaryl/α,β-unsaturated/α-hetero) is 1. The highest BCUT2D eigenvalue weighted by Crippen LogP contribution is 2.38. The van der Waals surface area contributed by atoms with Crippen molar-refractivity contribution in [3.05, 3.63) is 29.3 Å². The van der Waals surface area contributed by atoms with Gasteiger partial charge in [-0.05, 0) is 44.4 Å². The van der Waals surface area contributed by atoms with Crippen LogP contribution in [0.1, 0.15) is 37.8 Å². The van der Waals surface area contributed by atoms with E-state index in [0.29, 0.717) is 26.2 Å². The van der Waals surface area contributed by atoms with E-state index >= 15 is 0 Å². The van der Waals surface area contributed by atoms with Crippen molar-refractivity contribution in [3.63, 3.8) is 0 Å². The van der Waals surface area contributed by atoms with Gasteiger partial charge in [-0.15, -0.1) is 0 Å². The summed E-state index contributed by atoms with van der Waals surface area (Å²) in [5.74, 6) is 1.18. The average molecular weight is 262 g/mol. The van der Waals surface area contributed by atoms with Crippen molar-refractivity contribution in [1.29, 1.82) is 0 Å². The maximum Gasteiger partial charge on any atom is 0.129 e. The number of aryl methyl sites for hydroxylation is 1. The Hall–Kier alpha value is -1.35. The second-order valence-corrected chi connectivity index (χ2v) is 5.39. The Morgan fingerprint density at radius 3 is 2.63 bits per heavy atom. The Bertz CT molecular complexity index is 461. The van der Waals surface area contributed by atoms with Gasteiger partial charge in [-0.3, -0.25) is 0 Å². The van der Waals surface area contributed by atoms with E-state index in [0.717, 1.165) is 17.7 Å². The fourth-order valence-corrected chi connectivity index (χ4v) is 2.52. The minimum absolute atomic E-state index is 0.0289. The van der Waals surface area contributed by atoms with Gasteiger partial charge in [-0.2, -0.15) is 0 Å². The summed E-state index contributed by atoms with van der Waals surface area (Å²) in [4.78, 5) is 11.2. The molecule has 0 aromatic heterocycles. The fraction of sp³-hybridized carbons (Fsp3) is 0.562. The van der Waals surface area contributed by atoms with Crippen LogP contribution in [0.3, 0.4) is 0 Å². The maximum atomic E-state index is 11.2. The van der Waals surface area contributed by atoms with Crippen LogP contribution in [-0.2, 0) is 14.9 Å². The number of ether oxygens (including phenoxy) is 2. The van der Waals surface area contributed by atoms with E-state index in [4.69, 9.17) is 9.47 Å². The SMILES string of the molecule is CCOc1ccc(C2(CCC(C)=O)COC2)cc1C. The number of benzene rings is 1. The lowest BCUT2D eigenvalue weighted by Gasteiger charge is -2.42. The predicted molar refractivity (Wildman–Crippen MR) is 74.8 cm³/mol. The van der Waals surface area contributed by atoms with Gasteiger partial charge in [0.15, 0.2) is 0 Å². The van der Waals surface area contributed by atoms with Crippen LogP contribution in [0.25, 0.3) is 0 Å². The van der Waals surface area contributed by atoms with E-state index in [1.54, 1.807) is 6.92 Å². The molecule has 0 saturated carbocycles. The first-order valence-corrected chi connectivity index (χ1v) is 6.88. The maximum absolute atomic E-state index is 11.2. The lowest BCUT2D eigenvalue weighted by atomic mass is 9.74. The van der Waals surface area contributed by atoms with Gasteiger partial charge in [0, 0.05) is 11.8 Å². The molecule has 1 aromatic carbocycles. The molecular formula is C16H22O3. The van der Waals surface area contributed by atoms with Gasteiger partial charge in [0.2, 0.25) is 0 Å². The summed E-state index contributed by atoms with van der Waals surface area (Å²) in [6.45, 7) is 7.81. The topological polar surface area (TPSA) is 35.5 Å². The van der Waals surface area contributed by atoms with Crippen LogP contribution in [0.4, 0.5) is 0 Å². The first kappa shape index (κ1) is 14.1. The van der Waals surface area contributed by atoms with Crippen molar-refractivity contribution < 1.29 is 14.3 Å². The summed E-state index contributed by atoms with van der Waals surface area (Å²) in [6, 6.07) is 6.32. The van der Waals surface area contributed by atoms with E-state index in [9.17, 15) is 4.79 Å². The van der Waals surface area contributed by atoms with Crippen LogP contribution >= 0.6 is 0 Å². The number of rotatable bonds is 6. The standard InChI is InChI=1S/C16H22O3/c1-4-19-15-6-5-14(9-12(15)2)16(10-18-11-16)8-7-13(3)17/h5-6,9H,4,7-8,10-11H2,1-3H3. The molecule has 0 N–H and O–H groups in total. The summed E-state index contributed by atoms with van der Waals surface area (Å²) in [5, 5.41) is 0. The fourth-order valence-electron chi connectivity index (χ4n) is 2.52. The van der Waals surface area contributed by atoms with Crippen LogP contribution < -0.4 is 4.74 Å². The van der Waals surface area contributed by atoms with Crippen LogP contribution in [0.2, 0.25) is 0 Å². The predicted octanol–water partition coefficient (Wildman–Crippen LogP) is 3.03. The van der Waals surface area contributed by atoms with Gasteiger partial charge in [-0.1, -0.05) is 12.1 Å². The third-order valence-corrected chi connectivity index (χ3v) is 3.80. The molecule has 1 aromatic rings. The molecule has 1 aliphatic heterocycles. The van der Waals surface area contributed by atoms with Crippen molar-refractivity contribution in [2.24, 2.45) is 0 Å². The molecule has 0 aliphatic carbocycles. The summed E-state index contributed by atoms with van der Waals surface area (Å²) in [7, 11) is 0. The molecule has 0 unspecified atom stereocenters. The van der Waals surface area contributed by atoms with E-state index < -0.39 is 0 Å². The first-order chi connectivity index (χ1) is 9.07. The lowest BCUT2D eigenvalue weighted by molar-refractivity contribution is -0.119. The molecule has 0 bridgehead atoms. The molecular weight excluding hydrogens is 240 g/mol. The Morgan fingerprint density at radius 1 is 1.42 bits per heavy atom. The van der Waals surface area contributed by atoms with E-state index in [-0.39, 0.29) is 11.2 Å². The lowest BCUT2D eigenvalue weighted by Crippen LogP contribution is -2.47. The van der Waals surface area contributed by atoms with Gasteiger partial charge in [-0.25, -0.2) is 0 Å². The van der Waals surface area contributed by atoms with Crippen molar-refractivity contribution >= 4 is 5.78 Å². The Balaban J connectivity index is 2.19.